The summed E-state index contributed by atoms with van der Waals surface area (Å²) in [5.41, 5.74) is 1.21. The van der Waals surface area contributed by atoms with Gasteiger partial charge in [0, 0.05) is 44.9 Å². The van der Waals surface area contributed by atoms with Gasteiger partial charge in [0.15, 0.2) is 5.82 Å². The molecule has 2 aromatic heterocycles. The molecular weight excluding hydrogens is 280 g/mol. The topological polar surface area (TPSA) is 71.9 Å². The Kier molecular flexibility index (Phi) is 3.46. The molecule has 3 heterocycles. The minimum atomic E-state index is 0.241. The first kappa shape index (κ1) is 13.9. The first-order chi connectivity index (χ1) is 10.7. The maximum atomic E-state index is 5.58. The van der Waals surface area contributed by atoms with E-state index in [1.807, 2.05) is 17.9 Å². The highest BCUT2D eigenvalue weighted by Gasteiger charge is 2.36. The minimum Gasteiger partial charge on any atom is -0.380 e. The molecule has 1 saturated heterocycles. The fourth-order valence-electron chi connectivity index (χ4n) is 3.24. The van der Waals surface area contributed by atoms with Gasteiger partial charge >= 0.3 is 0 Å². The second-order valence-electron chi connectivity index (χ2n) is 6.41. The van der Waals surface area contributed by atoms with E-state index in [0.29, 0.717) is 5.92 Å². The Bertz CT molecular complexity index is 646. The number of ether oxygens (including phenoxy) is 1. The van der Waals surface area contributed by atoms with Crippen LogP contribution in [0.25, 0.3) is 0 Å². The predicted molar refractivity (Wildman–Crippen MR) is 80.1 cm³/mol. The van der Waals surface area contributed by atoms with Crippen LogP contribution in [0.4, 0.5) is 0 Å². The maximum absolute atomic E-state index is 5.58. The lowest BCUT2D eigenvalue weighted by atomic mass is 10.2. The minimum absolute atomic E-state index is 0.241. The number of H-pyrrole nitrogens is 1. The smallest absolute Gasteiger partial charge is 0.153 e. The number of hydrogen-bond donors (Lipinski definition) is 1. The van der Waals surface area contributed by atoms with Crippen molar-refractivity contribution in [1.29, 1.82) is 0 Å². The number of aryl methyl sites for hydroxylation is 1. The van der Waals surface area contributed by atoms with Crippen LogP contribution in [0.5, 0.6) is 0 Å². The van der Waals surface area contributed by atoms with Gasteiger partial charge in [-0.3, -0.25) is 14.7 Å². The van der Waals surface area contributed by atoms with Crippen molar-refractivity contribution < 1.29 is 4.74 Å². The fraction of sp³-hybridized carbons (Fsp3) is 0.667. The molecule has 0 aromatic carbocycles. The number of likely N-dealkylation sites (tertiary alicyclic amines) is 1. The van der Waals surface area contributed by atoms with Gasteiger partial charge in [-0.1, -0.05) is 0 Å². The van der Waals surface area contributed by atoms with Crippen LogP contribution in [0.2, 0.25) is 0 Å². The van der Waals surface area contributed by atoms with Crippen LogP contribution in [0, 0.1) is 0 Å². The van der Waals surface area contributed by atoms with Crippen LogP contribution in [0.3, 0.4) is 0 Å². The van der Waals surface area contributed by atoms with Crippen molar-refractivity contribution in [3.63, 3.8) is 0 Å². The molecule has 0 unspecified atom stereocenters. The first-order valence-corrected chi connectivity index (χ1v) is 7.89. The molecule has 2 aromatic rings. The average molecular weight is 302 g/mol. The summed E-state index contributed by atoms with van der Waals surface area (Å²) in [6.45, 7) is 1.77. The number of nitrogens with one attached hydrogen (secondary N) is 1. The molecule has 7 heteroatoms. The summed E-state index contributed by atoms with van der Waals surface area (Å²) in [7, 11) is 3.73. The Morgan fingerprint density at radius 2 is 2.27 bits per heavy atom. The molecule has 2 fully saturated rings. The van der Waals surface area contributed by atoms with Gasteiger partial charge in [-0.25, -0.2) is 4.98 Å². The number of nitrogens with zero attached hydrogens (tertiary/aromatic N) is 5. The lowest BCUT2D eigenvalue weighted by Crippen LogP contribution is -2.25. The Morgan fingerprint density at radius 3 is 2.95 bits per heavy atom. The van der Waals surface area contributed by atoms with Gasteiger partial charge in [-0.2, -0.15) is 10.2 Å². The molecule has 0 radical (unpaired) electrons. The van der Waals surface area contributed by atoms with Crippen molar-refractivity contribution in [3.8, 4) is 0 Å². The quantitative estimate of drug-likeness (QED) is 0.903. The van der Waals surface area contributed by atoms with Gasteiger partial charge in [0.1, 0.15) is 5.82 Å². The SMILES string of the molecule is CO[C@@H]1C[C@@H](c2nc(C3CC3)n[nH]2)N(Cc2cnn(C)c2)C1. The third-order valence-electron chi connectivity index (χ3n) is 4.62. The van der Waals surface area contributed by atoms with E-state index >= 15 is 0 Å². The Hall–Kier alpha value is -1.73. The zero-order valence-corrected chi connectivity index (χ0v) is 13.1. The van der Waals surface area contributed by atoms with Gasteiger partial charge in [-0.15, -0.1) is 0 Å². The average Bonchev–Trinajstić information content (AvgIpc) is 2.94. The van der Waals surface area contributed by atoms with Crippen molar-refractivity contribution in [1.82, 2.24) is 29.9 Å². The van der Waals surface area contributed by atoms with Gasteiger partial charge in [-0.05, 0) is 19.3 Å². The Morgan fingerprint density at radius 1 is 1.41 bits per heavy atom. The summed E-state index contributed by atoms with van der Waals surface area (Å²) in [6.07, 6.45) is 7.64. The summed E-state index contributed by atoms with van der Waals surface area (Å²) >= 11 is 0. The summed E-state index contributed by atoms with van der Waals surface area (Å²) in [4.78, 5) is 7.14. The number of rotatable bonds is 5. The predicted octanol–water partition coefficient (Wildman–Crippen LogP) is 1.38. The first-order valence-electron chi connectivity index (χ1n) is 7.89. The molecule has 1 aliphatic heterocycles. The number of methoxy groups -OCH3 is 1. The molecule has 118 valence electrons. The normalized spacial score (nSPS) is 25.9. The summed E-state index contributed by atoms with van der Waals surface area (Å²) in [6, 6.07) is 0.241. The van der Waals surface area contributed by atoms with Crippen LogP contribution in [0.1, 0.15) is 48.4 Å². The fourth-order valence-corrected chi connectivity index (χ4v) is 3.24. The van der Waals surface area contributed by atoms with E-state index < -0.39 is 0 Å². The van der Waals surface area contributed by atoms with Crippen molar-refractivity contribution in [3.05, 3.63) is 29.6 Å². The van der Waals surface area contributed by atoms with Crippen LogP contribution in [-0.4, -0.2) is 49.6 Å². The molecule has 1 N–H and O–H groups in total. The zero-order chi connectivity index (χ0) is 15.1. The number of hydrogen-bond acceptors (Lipinski definition) is 5. The highest BCUT2D eigenvalue weighted by molar-refractivity contribution is 5.11. The molecule has 2 atom stereocenters. The molecular formula is C15H22N6O. The standard InChI is InChI=1S/C15H22N6O/c1-20-7-10(6-16-20)8-21-9-12(22-2)5-13(21)15-17-14(18-19-15)11-3-4-11/h6-7,11-13H,3-5,8-9H2,1-2H3,(H,17,18,19)/t12-,13+/m1/s1. The van der Waals surface area contributed by atoms with Crippen LogP contribution in [-0.2, 0) is 18.3 Å². The molecule has 7 nitrogen and oxygen atoms in total. The molecule has 0 spiro atoms. The molecule has 1 saturated carbocycles. The summed E-state index contributed by atoms with van der Waals surface area (Å²) in [5, 5.41) is 11.8. The van der Waals surface area contributed by atoms with Gasteiger partial charge < -0.3 is 4.74 Å². The molecule has 0 amide bonds. The monoisotopic (exact) mass is 302 g/mol. The van der Waals surface area contributed by atoms with Crippen molar-refractivity contribution in [2.75, 3.05) is 13.7 Å². The van der Waals surface area contributed by atoms with E-state index in [2.05, 4.69) is 26.4 Å². The van der Waals surface area contributed by atoms with Gasteiger partial charge in [0.2, 0.25) is 0 Å². The molecule has 0 bridgehead atoms. The Balaban J connectivity index is 1.53. The van der Waals surface area contributed by atoms with Crippen LogP contribution < -0.4 is 0 Å². The number of aromatic nitrogens is 5. The van der Waals surface area contributed by atoms with E-state index in [4.69, 9.17) is 9.72 Å². The van der Waals surface area contributed by atoms with Crippen LogP contribution in [0.15, 0.2) is 12.4 Å². The van der Waals surface area contributed by atoms with Gasteiger partial charge in [0.25, 0.3) is 0 Å². The lowest BCUT2D eigenvalue weighted by Gasteiger charge is -2.21. The molecule has 2 aliphatic rings. The maximum Gasteiger partial charge on any atom is 0.153 e. The Labute approximate surface area is 129 Å². The van der Waals surface area contributed by atoms with E-state index in [9.17, 15) is 0 Å². The van der Waals surface area contributed by atoms with Crippen LogP contribution >= 0.6 is 0 Å². The third kappa shape index (κ3) is 2.66. The van der Waals surface area contributed by atoms with Gasteiger partial charge in [0.05, 0.1) is 18.3 Å². The zero-order valence-electron chi connectivity index (χ0n) is 13.1. The number of aromatic amines is 1. The van der Waals surface area contributed by atoms with E-state index in [0.717, 1.165) is 31.2 Å². The van der Waals surface area contributed by atoms with Crippen molar-refractivity contribution in [2.45, 2.75) is 43.9 Å². The highest BCUT2D eigenvalue weighted by Crippen LogP contribution is 2.39. The summed E-state index contributed by atoms with van der Waals surface area (Å²) in [5.74, 6) is 2.54. The molecule has 22 heavy (non-hydrogen) atoms. The lowest BCUT2D eigenvalue weighted by molar-refractivity contribution is 0.107. The van der Waals surface area contributed by atoms with Crippen molar-refractivity contribution in [2.24, 2.45) is 7.05 Å². The van der Waals surface area contributed by atoms with E-state index in [-0.39, 0.29) is 12.1 Å². The van der Waals surface area contributed by atoms with E-state index in [1.165, 1.54) is 18.4 Å². The molecule has 1 aliphatic carbocycles. The largest absolute Gasteiger partial charge is 0.380 e. The van der Waals surface area contributed by atoms with Crippen molar-refractivity contribution >= 4 is 0 Å². The molecule has 4 rings (SSSR count). The summed E-state index contributed by atoms with van der Waals surface area (Å²) < 4.78 is 7.42. The van der Waals surface area contributed by atoms with E-state index in [1.54, 1.807) is 7.11 Å². The second-order valence-corrected chi connectivity index (χ2v) is 6.41. The highest BCUT2D eigenvalue weighted by atomic mass is 16.5. The second kappa shape index (κ2) is 5.48. The third-order valence-corrected chi connectivity index (χ3v) is 4.62.